The summed E-state index contributed by atoms with van der Waals surface area (Å²) >= 11 is 5.96. The van der Waals surface area contributed by atoms with Crippen LogP contribution in [0.4, 0.5) is 0 Å². The Bertz CT molecular complexity index is 764. The number of amides is 1. The summed E-state index contributed by atoms with van der Waals surface area (Å²) in [5.74, 6) is -0.0412. The summed E-state index contributed by atoms with van der Waals surface area (Å²) in [7, 11) is 0. The van der Waals surface area contributed by atoms with Gasteiger partial charge in [-0.25, -0.2) is 0 Å². The van der Waals surface area contributed by atoms with E-state index in [0.717, 1.165) is 11.1 Å². The van der Waals surface area contributed by atoms with Gasteiger partial charge >= 0.3 is 5.97 Å². The number of hydrogen-bond donors (Lipinski definition) is 1. The molecule has 144 valence electrons. The molecule has 0 fully saturated rings. The first-order valence-electron chi connectivity index (χ1n) is 8.84. The lowest BCUT2D eigenvalue weighted by atomic mass is 10.1. The molecule has 0 saturated heterocycles. The van der Waals surface area contributed by atoms with Crippen LogP contribution in [-0.4, -0.2) is 25.1 Å². The fourth-order valence-corrected chi connectivity index (χ4v) is 2.56. The van der Waals surface area contributed by atoms with E-state index in [0.29, 0.717) is 23.8 Å². The molecule has 0 aromatic heterocycles. The Morgan fingerprint density at radius 2 is 1.89 bits per heavy atom. The van der Waals surface area contributed by atoms with E-state index < -0.39 is 5.97 Å². The summed E-state index contributed by atoms with van der Waals surface area (Å²) in [6.07, 6.45) is 0.691. The average molecular weight is 390 g/mol. The van der Waals surface area contributed by atoms with Crippen molar-refractivity contribution in [3.63, 3.8) is 0 Å². The molecule has 0 aliphatic rings. The SMILES string of the molecule is Cc1cc(OCCCC(=O)OCC(=O)N[C@H](C)c2ccccc2)ccc1Cl. The van der Waals surface area contributed by atoms with Crippen molar-refractivity contribution < 1.29 is 19.1 Å². The van der Waals surface area contributed by atoms with Crippen molar-refractivity contribution in [1.29, 1.82) is 0 Å². The standard InChI is InChI=1S/C21H24ClNO4/c1-15-13-18(10-11-19(15)22)26-12-6-9-21(25)27-14-20(24)23-16(2)17-7-4-3-5-8-17/h3-5,7-8,10-11,13,16H,6,9,12,14H2,1-2H3,(H,23,24)/t16-/m1/s1. The number of halogens is 1. The first kappa shape index (κ1) is 20.8. The number of aryl methyl sites for hydroxylation is 1. The third-order valence-corrected chi connectivity index (χ3v) is 4.39. The zero-order valence-corrected chi connectivity index (χ0v) is 16.3. The third kappa shape index (κ3) is 7.31. The highest BCUT2D eigenvalue weighted by Crippen LogP contribution is 2.21. The van der Waals surface area contributed by atoms with E-state index in [2.05, 4.69) is 5.32 Å². The molecular weight excluding hydrogens is 366 g/mol. The molecule has 0 spiro atoms. The van der Waals surface area contributed by atoms with E-state index in [-0.39, 0.29) is 25.0 Å². The highest BCUT2D eigenvalue weighted by atomic mass is 35.5. The molecule has 2 rings (SSSR count). The fraction of sp³-hybridized carbons (Fsp3) is 0.333. The Balaban J connectivity index is 1.61. The number of carbonyl (C=O) groups excluding carboxylic acids is 2. The minimum absolute atomic E-state index is 0.145. The van der Waals surface area contributed by atoms with Crippen LogP contribution in [0, 0.1) is 6.92 Å². The summed E-state index contributed by atoms with van der Waals surface area (Å²) in [6, 6.07) is 14.8. The fourth-order valence-electron chi connectivity index (χ4n) is 2.44. The summed E-state index contributed by atoms with van der Waals surface area (Å²) in [4.78, 5) is 23.6. The van der Waals surface area contributed by atoms with Crippen LogP contribution in [0.5, 0.6) is 5.75 Å². The summed E-state index contributed by atoms with van der Waals surface area (Å²) in [5.41, 5.74) is 1.93. The van der Waals surface area contributed by atoms with Crippen LogP contribution in [0.1, 0.15) is 36.9 Å². The van der Waals surface area contributed by atoms with Gasteiger partial charge in [0.05, 0.1) is 12.6 Å². The Kier molecular flexibility index (Phi) is 8.14. The number of nitrogens with one attached hydrogen (secondary N) is 1. The lowest BCUT2D eigenvalue weighted by Gasteiger charge is -2.14. The molecule has 0 aliphatic heterocycles. The Labute approximate surface area is 164 Å². The highest BCUT2D eigenvalue weighted by molar-refractivity contribution is 6.31. The highest BCUT2D eigenvalue weighted by Gasteiger charge is 2.11. The second-order valence-corrected chi connectivity index (χ2v) is 6.63. The predicted molar refractivity (Wildman–Crippen MR) is 105 cm³/mol. The van der Waals surface area contributed by atoms with Gasteiger partial charge in [-0.1, -0.05) is 41.9 Å². The molecule has 2 aromatic carbocycles. The van der Waals surface area contributed by atoms with E-state index >= 15 is 0 Å². The van der Waals surface area contributed by atoms with Gasteiger partial charge in [0.2, 0.25) is 0 Å². The first-order valence-corrected chi connectivity index (χ1v) is 9.22. The van der Waals surface area contributed by atoms with Crippen LogP contribution in [0.3, 0.4) is 0 Å². The zero-order chi connectivity index (χ0) is 19.6. The number of rotatable bonds is 9. The smallest absolute Gasteiger partial charge is 0.306 e. The largest absolute Gasteiger partial charge is 0.494 e. The van der Waals surface area contributed by atoms with Crippen molar-refractivity contribution in [1.82, 2.24) is 5.32 Å². The van der Waals surface area contributed by atoms with Gasteiger partial charge < -0.3 is 14.8 Å². The van der Waals surface area contributed by atoms with E-state index in [9.17, 15) is 9.59 Å². The van der Waals surface area contributed by atoms with Gasteiger partial charge in [-0.05, 0) is 49.6 Å². The summed E-state index contributed by atoms with van der Waals surface area (Å²) in [5, 5.41) is 3.48. The molecule has 0 aliphatic carbocycles. The molecule has 6 heteroatoms. The summed E-state index contributed by atoms with van der Waals surface area (Å²) in [6.45, 7) is 3.88. The normalized spacial score (nSPS) is 11.5. The molecule has 0 heterocycles. The van der Waals surface area contributed by atoms with Crippen LogP contribution in [0.2, 0.25) is 5.02 Å². The van der Waals surface area contributed by atoms with Gasteiger partial charge in [-0.15, -0.1) is 0 Å². The Hall–Kier alpha value is -2.53. The van der Waals surface area contributed by atoms with Gasteiger partial charge in [0.1, 0.15) is 5.75 Å². The lowest BCUT2D eigenvalue weighted by molar-refractivity contribution is -0.148. The molecule has 0 unspecified atom stereocenters. The minimum atomic E-state index is -0.423. The van der Waals surface area contributed by atoms with Gasteiger partial charge in [-0.3, -0.25) is 9.59 Å². The van der Waals surface area contributed by atoms with Crippen molar-refractivity contribution in [3.05, 3.63) is 64.7 Å². The average Bonchev–Trinajstić information content (AvgIpc) is 2.67. The maximum absolute atomic E-state index is 11.9. The van der Waals surface area contributed by atoms with E-state index in [1.807, 2.05) is 50.2 Å². The second kappa shape index (κ2) is 10.6. The molecule has 27 heavy (non-hydrogen) atoms. The molecule has 1 atom stereocenters. The van der Waals surface area contributed by atoms with Gasteiger partial charge in [0.15, 0.2) is 6.61 Å². The number of hydrogen-bond acceptors (Lipinski definition) is 4. The summed E-state index contributed by atoms with van der Waals surface area (Å²) < 4.78 is 10.6. The van der Waals surface area contributed by atoms with Crippen molar-refractivity contribution in [2.24, 2.45) is 0 Å². The topological polar surface area (TPSA) is 64.6 Å². The lowest BCUT2D eigenvalue weighted by Crippen LogP contribution is -2.31. The Morgan fingerprint density at radius 1 is 1.15 bits per heavy atom. The van der Waals surface area contributed by atoms with Crippen molar-refractivity contribution in [2.45, 2.75) is 32.7 Å². The van der Waals surface area contributed by atoms with Gasteiger partial charge in [-0.2, -0.15) is 0 Å². The number of ether oxygens (including phenoxy) is 2. The Morgan fingerprint density at radius 3 is 2.59 bits per heavy atom. The maximum Gasteiger partial charge on any atom is 0.306 e. The van der Waals surface area contributed by atoms with E-state index in [1.54, 1.807) is 12.1 Å². The third-order valence-electron chi connectivity index (χ3n) is 3.96. The molecule has 5 nitrogen and oxygen atoms in total. The van der Waals surface area contributed by atoms with Crippen molar-refractivity contribution in [3.8, 4) is 5.75 Å². The van der Waals surface area contributed by atoms with Crippen LogP contribution >= 0.6 is 11.6 Å². The quantitative estimate of drug-likeness (QED) is 0.515. The molecule has 0 saturated carbocycles. The van der Waals surface area contributed by atoms with Gasteiger partial charge in [0, 0.05) is 11.4 Å². The molecule has 2 aromatic rings. The number of esters is 1. The second-order valence-electron chi connectivity index (χ2n) is 6.22. The van der Waals surface area contributed by atoms with Crippen molar-refractivity contribution >= 4 is 23.5 Å². The zero-order valence-electron chi connectivity index (χ0n) is 15.5. The van der Waals surface area contributed by atoms with Crippen LogP contribution in [-0.2, 0) is 14.3 Å². The minimum Gasteiger partial charge on any atom is -0.494 e. The van der Waals surface area contributed by atoms with Crippen molar-refractivity contribution in [2.75, 3.05) is 13.2 Å². The number of carbonyl (C=O) groups is 2. The molecule has 1 amide bonds. The van der Waals surface area contributed by atoms with Gasteiger partial charge in [0.25, 0.3) is 5.91 Å². The maximum atomic E-state index is 11.9. The van der Waals surface area contributed by atoms with Crippen LogP contribution < -0.4 is 10.1 Å². The predicted octanol–water partition coefficient (Wildman–Crippen LogP) is 4.23. The molecule has 0 radical (unpaired) electrons. The molecular formula is C21H24ClNO4. The van der Waals surface area contributed by atoms with Crippen LogP contribution in [0.15, 0.2) is 48.5 Å². The van der Waals surface area contributed by atoms with E-state index in [4.69, 9.17) is 21.1 Å². The van der Waals surface area contributed by atoms with Crippen LogP contribution in [0.25, 0.3) is 0 Å². The number of benzene rings is 2. The first-order chi connectivity index (χ1) is 13.0. The molecule has 0 bridgehead atoms. The van der Waals surface area contributed by atoms with E-state index in [1.165, 1.54) is 0 Å². The molecule has 1 N–H and O–H groups in total. The monoisotopic (exact) mass is 389 g/mol.